The van der Waals surface area contributed by atoms with Crippen LogP contribution in [0.25, 0.3) is 0 Å². The molecule has 0 radical (unpaired) electrons. The fraction of sp³-hybridized carbons (Fsp3) is 0.636. The summed E-state index contributed by atoms with van der Waals surface area (Å²) in [5.41, 5.74) is 2.17. The molecule has 2 rings (SSSR count). The number of carbonyl (C=O) groups excluding carboxylic acids is 2. The predicted octanol–water partition coefficient (Wildman–Crippen LogP) is 4.57. The molecule has 0 spiro atoms. The smallest absolute Gasteiger partial charge is 0.223 e. The number of nitrogens with zero attached hydrogens (tertiary/aromatic N) is 1. The van der Waals surface area contributed by atoms with Gasteiger partial charge in [0.1, 0.15) is 0 Å². The van der Waals surface area contributed by atoms with Crippen LogP contribution in [0.3, 0.4) is 0 Å². The van der Waals surface area contributed by atoms with Crippen molar-refractivity contribution in [3.8, 4) is 0 Å². The van der Waals surface area contributed by atoms with Crippen LogP contribution >= 0.6 is 0 Å². The van der Waals surface area contributed by atoms with E-state index in [0.717, 1.165) is 18.5 Å². The van der Waals surface area contributed by atoms with Crippen LogP contribution < -0.4 is 10.2 Å². The van der Waals surface area contributed by atoms with Gasteiger partial charge in [0.2, 0.25) is 11.8 Å². The summed E-state index contributed by atoms with van der Waals surface area (Å²) >= 11 is 0. The first-order chi connectivity index (χ1) is 12.3. The summed E-state index contributed by atoms with van der Waals surface area (Å²) in [7, 11) is 0. The minimum Gasteiger partial charge on any atom is -0.353 e. The van der Waals surface area contributed by atoms with E-state index in [4.69, 9.17) is 0 Å². The molecule has 0 bridgehead atoms. The van der Waals surface area contributed by atoms with Gasteiger partial charge in [-0.1, -0.05) is 58.6 Å². The highest BCUT2D eigenvalue weighted by molar-refractivity contribution is 5.92. The molecule has 1 N–H and O–H groups in total. The van der Waals surface area contributed by atoms with Crippen LogP contribution in [0.4, 0.5) is 5.69 Å². The summed E-state index contributed by atoms with van der Waals surface area (Å²) in [6, 6.07) is 8.39. The lowest BCUT2D eigenvalue weighted by molar-refractivity contribution is -0.121. The quantitative estimate of drug-likeness (QED) is 0.784. The Hall–Kier alpha value is -1.84. The Morgan fingerprint density at radius 3 is 2.12 bits per heavy atom. The number of nitrogens with one attached hydrogen (secondary N) is 1. The van der Waals surface area contributed by atoms with E-state index >= 15 is 0 Å². The molecule has 0 aliphatic heterocycles. The first kappa shape index (κ1) is 20.5. The van der Waals surface area contributed by atoms with Gasteiger partial charge in [0.25, 0.3) is 0 Å². The number of benzene rings is 1. The highest BCUT2D eigenvalue weighted by Crippen LogP contribution is 2.25. The molecule has 1 aromatic carbocycles. The number of carbonyl (C=O) groups is 2. The van der Waals surface area contributed by atoms with Crippen molar-refractivity contribution in [2.45, 2.75) is 84.1 Å². The second-order valence-electron chi connectivity index (χ2n) is 8.47. The maximum atomic E-state index is 12.3. The molecule has 0 aromatic heterocycles. The molecule has 0 saturated heterocycles. The molecule has 26 heavy (non-hydrogen) atoms. The Kier molecular flexibility index (Phi) is 7.24. The van der Waals surface area contributed by atoms with Crippen LogP contribution in [0, 0.1) is 0 Å². The summed E-state index contributed by atoms with van der Waals surface area (Å²) in [6.07, 6.45) is 7.45. The molecule has 4 heteroatoms. The molecule has 0 heterocycles. The molecule has 0 atom stereocenters. The van der Waals surface area contributed by atoms with Crippen molar-refractivity contribution < 1.29 is 9.59 Å². The molecule has 1 fully saturated rings. The Bertz CT molecular complexity index is 594. The van der Waals surface area contributed by atoms with Crippen molar-refractivity contribution in [1.29, 1.82) is 0 Å². The van der Waals surface area contributed by atoms with E-state index in [2.05, 4.69) is 38.2 Å². The van der Waals surface area contributed by atoms with Gasteiger partial charge < -0.3 is 10.2 Å². The van der Waals surface area contributed by atoms with E-state index in [-0.39, 0.29) is 17.2 Å². The first-order valence-electron chi connectivity index (χ1n) is 9.95. The topological polar surface area (TPSA) is 49.4 Å². The maximum Gasteiger partial charge on any atom is 0.223 e. The molecule has 0 unspecified atom stereocenters. The number of hydrogen-bond donors (Lipinski definition) is 1. The molecule has 1 aliphatic rings. The SMILES string of the molecule is CC(=O)N(CCC(=O)NC1CCCCCC1)c1ccc(C(C)(C)C)cc1. The number of hydrogen-bond acceptors (Lipinski definition) is 2. The lowest BCUT2D eigenvalue weighted by Gasteiger charge is -2.24. The fourth-order valence-electron chi connectivity index (χ4n) is 3.55. The van der Waals surface area contributed by atoms with Crippen LogP contribution in [0.2, 0.25) is 0 Å². The largest absolute Gasteiger partial charge is 0.353 e. The summed E-state index contributed by atoms with van der Waals surface area (Å²) in [6.45, 7) is 8.48. The van der Waals surface area contributed by atoms with Crippen molar-refractivity contribution in [3.05, 3.63) is 29.8 Å². The molecule has 144 valence electrons. The van der Waals surface area contributed by atoms with Crippen molar-refractivity contribution in [2.24, 2.45) is 0 Å². The summed E-state index contributed by atoms with van der Waals surface area (Å²) in [5.74, 6) is 0.0187. The lowest BCUT2D eigenvalue weighted by Crippen LogP contribution is -2.38. The summed E-state index contributed by atoms with van der Waals surface area (Å²) in [4.78, 5) is 26.1. The van der Waals surface area contributed by atoms with Gasteiger partial charge in [-0.3, -0.25) is 9.59 Å². The number of amides is 2. The normalized spacial score (nSPS) is 16.0. The Balaban J connectivity index is 1.93. The monoisotopic (exact) mass is 358 g/mol. The van der Waals surface area contributed by atoms with Gasteiger partial charge in [-0.25, -0.2) is 0 Å². The number of rotatable bonds is 5. The second-order valence-corrected chi connectivity index (χ2v) is 8.47. The molecule has 2 amide bonds. The van der Waals surface area contributed by atoms with Crippen LogP contribution in [0.15, 0.2) is 24.3 Å². The van der Waals surface area contributed by atoms with Crippen molar-refractivity contribution in [1.82, 2.24) is 5.32 Å². The van der Waals surface area contributed by atoms with Gasteiger partial charge in [-0.15, -0.1) is 0 Å². The molecule has 1 aromatic rings. The third-order valence-corrected chi connectivity index (χ3v) is 5.21. The van der Waals surface area contributed by atoms with Crippen molar-refractivity contribution >= 4 is 17.5 Å². The summed E-state index contributed by atoms with van der Waals surface area (Å²) < 4.78 is 0. The molecular formula is C22H34N2O2. The second kappa shape index (κ2) is 9.20. The minimum absolute atomic E-state index is 0.0317. The molecule has 1 aliphatic carbocycles. The van der Waals surface area contributed by atoms with E-state index in [9.17, 15) is 9.59 Å². The standard InChI is InChI=1S/C22H34N2O2/c1-17(25)24(20-13-11-18(12-14-20)22(2,3)4)16-15-21(26)23-19-9-7-5-6-8-10-19/h11-14,19H,5-10,15-16H2,1-4H3,(H,23,26). The zero-order valence-electron chi connectivity index (χ0n) is 16.8. The van der Waals surface area contributed by atoms with E-state index in [1.165, 1.54) is 31.2 Å². The third-order valence-electron chi connectivity index (χ3n) is 5.21. The van der Waals surface area contributed by atoms with Gasteiger partial charge in [0, 0.05) is 31.6 Å². The van der Waals surface area contributed by atoms with Crippen LogP contribution in [0.5, 0.6) is 0 Å². The van der Waals surface area contributed by atoms with Crippen LogP contribution in [-0.4, -0.2) is 24.4 Å². The van der Waals surface area contributed by atoms with Gasteiger partial charge >= 0.3 is 0 Å². The predicted molar refractivity (Wildman–Crippen MR) is 107 cm³/mol. The van der Waals surface area contributed by atoms with E-state index in [1.54, 1.807) is 11.8 Å². The Labute approximate surface area is 158 Å². The molecular weight excluding hydrogens is 324 g/mol. The van der Waals surface area contributed by atoms with E-state index in [1.807, 2.05) is 12.1 Å². The zero-order valence-corrected chi connectivity index (χ0v) is 16.8. The average Bonchev–Trinajstić information content (AvgIpc) is 2.83. The highest BCUT2D eigenvalue weighted by atomic mass is 16.2. The fourth-order valence-corrected chi connectivity index (χ4v) is 3.55. The lowest BCUT2D eigenvalue weighted by atomic mass is 9.87. The zero-order chi connectivity index (χ0) is 19.2. The maximum absolute atomic E-state index is 12.3. The first-order valence-corrected chi connectivity index (χ1v) is 9.95. The van der Waals surface area contributed by atoms with Crippen molar-refractivity contribution in [2.75, 3.05) is 11.4 Å². The van der Waals surface area contributed by atoms with E-state index < -0.39 is 0 Å². The van der Waals surface area contributed by atoms with Gasteiger partial charge in [0.05, 0.1) is 0 Å². The minimum atomic E-state index is -0.0317. The number of anilines is 1. The Morgan fingerprint density at radius 2 is 1.62 bits per heavy atom. The van der Waals surface area contributed by atoms with Gasteiger partial charge in [-0.2, -0.15) is 0 Å². The van der Waals surface area contributed by atoms with Crippen LogP contribution in [-0.2, 0) is 15.0 Å². The van der Waals surface area contributed by atoms with Crippen LogP contribution in [0.1, 0.15) is 78.2 Å². The highest BCUT2D eigenvalue weighted by Gasteiger charge is 2.18. The van der Waals surface area contributed by atoms with E-state index in [0.29, 0.717) is 19.0 Å². The average molecular weight is 359 g/mol. The third kappa shape index (κ3) is 6.15. The Morgan fingerprint density at radius 1 is 1.04 bits per heavy atom. The molecule has 4 nitrogen and oxygen atoms in total. The van der Waals surface area contributed by atoms with Gasteiger partial charge in [-0.05, 0) is 36.0 Å². The summed E-state index contributed by atoms with van der Waals surface area (Å²) in [5, 5.41) is 3.16. The molecule has 1 saturated carbocycles. The van der Waals surface area contributed by atoms with Gasteiger partial charge in [0.15, 0.2) is 0 Å². The van der Waals surface area contributed by atoms with Crippen molar-refractivity contribution in [3.63, 3.8) is 0 Å².